The van der Waals surface area contributed by atoms with Gasteiger partial charge in [-0.1, -0.05) is 23.7 Å². The van der Waals surface area contributed by atoms with Crippen LogP contribution in [0, 0.1) is 11.6 Å². The van der Waals surface area contributed by atoms with Crippen molar-refractivity contribution in [1.29, 1.82) is 0 Å². The molecule has 0 fully saturated rings. The smallest absolute Gasteiger partial charge is 0.141 e. The first-order valence-corrected chi connectivity index (χ1v) is 6.52. The van der Waals surface area contributed by atoms with Gasteiger partial charge in [0.15, 0.2) is 0 Å². The molecular formula is C15H12ClF2N. The topological polar surface area (TPSA) is 12.0 Å². The zero-order chi connectivity index (χ0) is 13.4. The van der Waals surface area contributed by atoms with Gasteiger partial charge in [-0.25, -0.2) is 8.78 Å². The molecule has 1 aliphatic carbocycles. The number of hydrogen-bond acceptors (Lipinski definition) is 1. The van der Waals surface area contributed by atoms with Crippen molar-refractivity contribution in [3.63, 3.8) is 0 Å². The molecule has 0 radical (unpaired) electrons. The van der Waals surface area contributed by atoms with E-state index < -0.39 is 5.82 Å². The average Bonchev–Trinajstić information content (AvgIpc) is 2.79. The minimum atomic E-state index is -0.440. The SMILES string of the molecule is Fc1ccc(NC2CCc3c(F)cccc32)cc1Cl. The molecule has 98 valence electrons. The van der Waals surface area contributed by atoms with Crippen molar-refractivity contribution in [2.75, 3.05) is 5.32 Å². The third kappa shape index (κ3) is 2.30. The number of fused-ring (bicyclic) bond motifs is 1. The molecule has 1 unspecified atom stereocenters. The Morgan fingerprint density at radius 1 is 1.11 bits per heavy atom. The van der Waals surface area contributed by atoms with Crippen LogP contribution in [0.3, 0.4) is 0 Å². The van der Waals surface area contributed by atoms with Gasteiger partial charge in [0.25, 0.3) is 0 Å². The first-order chi connectivity index (χ1) is 9.15. The van der Waals surface area contributed by atoms with E-state index in [4.69, 9.17) is 11.6 Å². The summed E-state index contributed by atoms with van der Waals surface area (Å²) in [5, 5.41) is 3.36. The molecule has 0 saturated heterocycles. The van der Waals surface area contributed by atoms with Gasteiger partial charge in [0, 0.05) is 5.69 Å². The van der Waals surface area contributed by atoms with Crippen LogP contribution >= 0.6 is 11.6 Å². The van der Waals surface area contributed by atoms with Crippen molar-refractivity contribution in [2.24, 2.45) is 0 Å². The molecule has 1 nitrogen and oxygen atoms in total. The van der Waals surface area contributed by atoms with Crippen molar-refractivity contribution >= 4 is 17.3 Å². The van der Waals surface area contributed by atoms with Gasteiger partial charge < -0.3 is 5.32 Å². The van der Waals surface area contributed by atoms with Crippen LogP contribution in [0.15, 0.2) is 36.4 Å². The summed E-state index contributed by atoms with van der Waals surface area (Å²) in [4.78, 5) is 0. The van der Waals surface area contributed by atoms with Crippen LogP contribution in [-0.4, -0.2) is 0 Å². The first-order valence-electron chi connectivity index (χ1n) is 6.14. The van der Waals surface area contributed by atoms with Gasteiger partial charge in [-0.2, -0.15) is 0 Å². The maximum atomic E-state index is 13.6. The summed E-state index contributed by atoms with van der Waals surface area (Å²) in [5.74, 6) is -0.593. The molecule has 3 rings (SSSR count). The number of rotatable bonds is 2. The first kappa shape index (κ1) is 12.4. The quantitative estimate of drug-likeness (QED) is 0.839. The minimum Gasteiger partial charge on any atom is -0.378 e. The molecule has 0 spiro atoms. The second-order valence-electron chi connectivity index (χ2n) is 4.67. The lowest BCUT2D eigenvalue weighted by molar-refractivity contribution is 0.612. The average molecular weight is 280 g/mol. The largest absolute Gasteiger partial charge is 0.378 e. The highest BCUT2D eigenvalue weighted by Gasteiger charge is 2.24. The van der Waals surface area contributed by atoms with E-state index >= 15 is 0 Å². The van der Waals surface area contributed by atoms with E-state index in [0.717, 1.165) is 23.2 Å². The number of nitrogens with one attached hydrogen (secondary N) is 1. The normalized spacial score (nSPS) is 17.3. The van der Waals surface area contributed by atoms with Gasteiger partial charge in [-0.3, -0.25) is 0 Å². The summed E-state index contributed by atoms with van der Waals surface area (Å²) in [6.07, 6.45) is 1.54. The zero-order valence-electron chi connectivity index (χ0n) is 10.1. The molecule has 0 heterocycles. The van der Waals surface area contributed by atoms with Gasteiger partial charge >= 0.3 is 0 Å². The second-order valence-corrected chi connectivity index (χ2v) is 5.08. The summed E-state index contributed by atoms with van der Waals surface area (Å²) >= 11 is 5.75. The third-order valence-corrected chi connectivity index (χ3v) is 3.76. The Morgan fingerprint density at radius 3 is 2.74 bits per heavy atom. The fourth-order valence-corrected chi connectivity index (χ4v) is 2.73. The molecule has 0 aromatic heterocycles. The van der Waals surface area contributed by atoms with Crippen LogP contribution in [0.2, 0.25) is 5.02 Å². The van der Waals surface area contributed by atoms with Gasteiger partial charge in [0.1, 0.15) is 11.6 Å². The molecule has 1 N–H and O–H groups in total. The molecule has 0 bridgehead atoms. The Kier molecular flexibility index (Phi) is 3.15. The third-order valence-electron chi connectivity index (χ3n) is 3.47. The van der Waals surface area contributed by atoms with E-state index in [2.05, 4.69) is 5.32 Å². The number of hydrogen-bond donors (Lipinski definition) is 1. The van der Waals surface area contributed by atoms with Crippen LogP contribution < -0.4 is 5.32 Å². The van der Waals surface area contributed by atoms with Gasteiger partial charge in [0.2, 0.25) is 0 Å². The number of halogens is 3. The predicted octanol–water partition coefficient (Wildman–Crippen LogP) is 4.72. The Balaban J connectivity index is 1.86. The maximum Gasteiger partial charge on any atom is 0.141 e. The molecule has 19 heavy (non-hydrogen) atoms. The van der Waals surface area contributed by atoms with Crippen LogP contribution in [0.25, 0.3) is 0 Å². The van der Waals surface area contributed by atoms with Crippen molar-refractivity contribution in [1.82, 2.24) is 0 Å². The standard InChI is InChI=1S/C15H12ClF2N/c16-12-8-9(4-6-14(12)18)19-15-7-5-10-11(15)2-1-3-13(10)17/h1-4,6,8,15,19H,5,7H2. The Hall–Kier alpha value is -1.61. The van der Waals surface area contributed by atoms with Crippen molar-refractivity contribution in [2.45, 2.75) is 18.9 Å². The van der Waals surface area contributed by atoms with Crippen LogP contribution in [0.5, 0.6) is 0 Å². The summed E-state index contributed by atoms with van der Waals surface area (Å²) in [7, 11) is 0. The second kappa shape index (κ2) is 4.82. The highest BCUT2D eigenvalue weighted by Crippen LogP contribution is 2.35. The molecule has 2 aromatic rings. The molecule has 1 aliphatic rings. The fourth-order valence-electron chi connectivity index (χ4n) is 2.55. The van der Waals surface area contributed by atoms with E-state index in [0.29, 0.717) is 6.42 Å². The van der Waals surface area contributed by atoms with E-state index in [-0.39, 0.29) is 16.9 Å². The predicted molar refractivity (Wildman–Crippen MR) is 72.5 cm³/mol. The highest BCUT2D eigenvalue weighted by atomic mass is 35.5. The lowest BCUT2D eigenvalue weighted by Crippen LogP contribution is -2.07. The Morgan fingerprint density at radius 2 is 1.95 bits per heavy atom. The minimum absolute atomic E-state index is 0.0484. The lowest BCUT2D eigenvalue weighted by Gasteiger charge is -2.16. The van der Waals surface area contributed by atoms with E-state index in [9.17, 15) is 8.78 Å². The van der Waals surface area contributed by atoms with E-state index in [1.807, 2.05) is 6.07 Å². The molecule has 0 amide bonds. The molecule has 1 atom stereocenters. The molecule has 0 saturated carbocycles. The van der Waals surface area contributed by atoms with Gasteiger partial charge in [-0.15, -0.1) is 0 Å². The molecule has 4 heteroatoms. The van der Waals surface area contributed by atoms with E-state index in [1.165, 1.54) is 12.1 Å². The van der Waals surface area contributed by atoms with Crippen LogP contribution in [-0.2, 0) is 6.42 Å². The van der Waals surface area contributed by atoms with Crippen molar-refractivity contribution < 1.29 is 8.78 Å². The Labute approximate surface area is 115 Å². The van der Waals surface area contributed by atoms with Gasteiger partial charge in [-0.05, 0) is 48.2 Å². The molecular weight excluding hydrogens is 268 g/mol. The summed E-state index contributed by atoms with van der Waals surface area (Å²) in [6.45, 7) is 0. The van der Waals surface area contributed by atoms with Gasteiger partial charge in [0.05, 0.1) is 11.1 Å². The maximum absolute atomic E-state index is 13.6. The molecule has 0 aliphatic heterocycles. The number of benzene rings is 2. The van der Waals surface area contributed by atoms with Crippen LogP contribution in [0.4, 0.5) is 14.5 Å². The molecule has 2 aromatic carbocycles. The lowest BCUT2D eigenvalue weighted by atomic mass is 10.1. The fraction of sp³-hybridized carbons (Fsp3) is 0.200. The summed E-state index contributed by atoms with van der Waals surface area (Å²) in [6, 6.07) is 9.68. The van der Waals surface area contributed by atoms with E-state index in [1.54, 1.807) is 18.2 Å². The summed E-state index contributed by atoms with van der Waals surface area (Å²) in [5.41, 5.74) is 2.49. The van der Waals surface area contributed by atoms with Crippen molar-refractivity contribution in [3.8, 4) is 0 Å². The zero-order valence-corrected chi connectivity index (χ0v) is 10.8. The monoisotopic (exact) mass is 279 g/mol. The van der Waals surface area contributed by atoms with Crippen molar-refractivity contribution in [3.05, 3.63) is 64.2 Å². The summed E-state index contributed by atoms with van der Waals surface area (Å²) < 4.78 is 26.7. The Bertz CT molecular complexity index is 628. The van der Waals surface area contributed by atoms with Crippen LogP contribution in [0.1, 0.15) is 23.6 Å². The highest BCUT2D eigenvalue weighted by molar-refractivity contribution is 6.31. The number of anilines is 1.